The fourth-order valence-corrected chi connectivity index (χ4v) is 4.04. The van der Waals surface area contributed by atoms with Crippen LogP contribution in [0.2, 0.25) is 0 Å². The van der Waals surface area contributed by atoms with Crippen LogP contribution >= 0.6 is 0 Å². The minimum absolute atomic E-state index is 0.347. The van der Waals surface area contributed by atoms with E-state index < -0.39 is 10.0 Å². The van der Waals surface area contributed by atoms with Gasteiger partial charge in [-0.05, 0) is 45.5 Å². The summed E-state index contributed by atoms with van der Waals surface area (Å²) < 4.78 is 29.3. The number of nitrogens with one attached hydrogen (secondary N) is 2. The number of aromatic nitrogens is 1. The highest BCUT2D eigenvalue weighted by Gasteiger charge is 2.22. The number of piperidine rings is 1. The van der Waals surface area contributed by atoms with Crippen molar-refractivity contribution in [3.8, 4) is 0 Å². The molecule has 0 radical (unpaired) electrons. The van der Waals surface area contributed by atoms with Crippen LogP contribution in [0.1, 0.15) is 18.5 Å². The molecule has 0 aliphatic carbocycles. The quantitative estimate of drug-likeness (QED) is 0.796. The molecule has 1 aromatic heterocycles. The molecule has 1 unspecified atom stereocenters. The van der Waals surface area contributed by atoms with Crippen molar-refractivity contribution in [3.63, 3.8) is 0 Å². The minimum Gasteiger partial charge on any atom is -0.352 e. The molecule has 1 atom stereocenters. The molecule has 1 saturated heterocycles. The maximum Gasteiger partial charge on any atom is 0.242 e. The number of sulfonamides is 1. The highest BCUT2D eigenvalue weighted by atomic mass is 32.2. The molecule has 1 aromatic rings. The van der Waals surface area contributed by atoms with E-state index in [1.54, 1.807) is 12.3 Å². The third-order valence-corrected chi connectivity index (χ3v) is 5.43. The van der Waals surface area contributed by atoms with Crippen molar-refractivity contribution in [2.45, 2.75) is 24.3 Å². The molecule has 0 saturated carbocycles. The molecule has 120 valence electrons. The largest absolute Gasteiger partial charge is 0.352 e. The smallest absolute Gasteiger partial charge is 0.242 e. The SMILES string of the molecule is CNCc1cc(S(=O)(=O)NCC2CCCN(C)C2)cn1C. The third-order valence-electron chi connectivity index (χ3n) is 4.04. The maximum absolute atomic E-state index is 12.4. The second-order valence-electron chi connectivity index (χ2n) is 5.93. The van der Waals surface area contributed by atoms with E-state index >= 15 is 0 Å². The third kappa shape index (κ3) is 4.29. The van der Waals surface area contributed by atoms with Crippen LogP contribution in [0, 0.1) is 5.92 Å². The van der Waals surface area contributed by atoms with Crippen LogP contribution in [0.25, 0.3) is 0 Å². The average Bonchev–Trinajstić information content (AvgIpc) is 2.80. The van der Waals surface area contributed by atoms with Gasteiger partial charge in [-0.15, -0.1) is 0 Å². The lowest BCUT2D eigenvalue weighted by molar-refractivity contribution is 0.211. The lowest BCUT2D eigenvalue weighted by Gasteiger charge is -2.29. The number of hydrogen-bond acceptors (Lipinski definition) is 4. The van der Waals surface area contributed by atoms with Crippen LogP contribution in [0.15, 0.2) is 17.2 Å². The van der Waals surface area contributed by atoms with E-state index in [0.717, 1.165) is 31.6 Å². The summed E-state index contributed by atoms with van der Waals surface area (Å²) in [5.74, 6) is 0.402. The Morgan fingerprint density at radius 2 is 2.14 bits per heavy atom. The molecule has 0 amide bonds. The van der Waals surface area contributed by atoms with Crippen molar-refractivity contribution >= 4 is 10.0 Å². The summed E-state index contributed by atoms with van der Waals surface area (Å²) in [4.78, 5) is 2.61. The van der Waals surface area contributed by atoms with Gasteiger partial charge in [-0.1, -0.05) is 0 Å². The normalized spacial score (nSPS) is 20.8. The van der Waals surface area contributed by atoms with E-state index in [-0.39, 0.29) is 0 Å². The Balaban J connectivity index is 1.99. The van der Waals surface area contributed by atoms with Crippen molar-refractivity contribution in [3.05, 3.63) is 18.0 Å². The van der Waals surface area contributed by atoms with E-state index in [0.29, 0.717) is 23.9 Å². The van der Waals surface area contributed by atoms with E-state index in [4.69, 9.17) is 0 Å². The molecular weight excluding hydrogens is 288 g/mol. The molecule has 6 nitrogen and oxygen atoms in total. The van der Waals surface area contributed by atoms with Crippen LogP contribution in [0.4, 0.5) is 0 Å². The van der Waals surface area contributed by atoms with Crippen LogP contribution in [-0.2, 0) is 23.6 Å². The second kappa shape index (κ2) is 6.91. The molecule has 7 heteroatoms. The zero-order valence-corrected chi connectivity index (χ0v) is 13.9. The summed E-state index contributed by atoms with van der Waals surface area (Å²) in [5, 5.41) is 3.04. The zero-order valence-electron chi connectivity index (χ0n) is 13.1. The van der Waals surface area contributed by atoms with Crippen LogP contribution in [-0.4, -0.2) is 51.6 Å². The summed E-state index contributed by atoms with van der Waals surface area (Å²) in [6.45, 7) is 3.24. The van der Waals surface area contributed by atoms with Crippen LogP contribution in [0.3, 0.4) is 0 Å². The monoisotopic (exact) mass is 314 g/mol. The molecule has 1 aliphatic heterocycles. The first-order chi connectivity index (χ1) is 9.92. The predicted molar refractivity (Wildman–Crippen MR) is 83.6 cm³/mol. The Kier molecular flexibility index (Phi) is 5.43. The first-order valence-electron chi connectivity index (χ1n) is 7.40. The van der Waals surface area contributed by atoms with Crippen LogP contribution in [0.5, 0.6) is 0 Å². The van der Waals surface area contributed by atoms with Gasteiger partial charge in [0.25, 0.3) is 0 Å². The van der Waals surface area contributed by atoms with Gasteiger partial charge in [-0.3, -0.25) is 0 Å². The first-order valence-corrected chi connectivity index (χ1v) is 8.88. The Labute approximate surface area is 127 Å². The number of aryl methyl sites for hydroxylation is 1. The highest BCUT2D eigenvalue weighted by Crippen LogP contribution is 2.17. The first kappa shape index (κ1) is 16.5. The fourth-order valence-electron chi connectivity index (χ4n) is 2.83. The Morgan fingerprint density at radius 1 is 1.38 bits per heavy atom. The van der Waals surface area contributed by atoms with Gasteiger partial charge in [0.1, 0.15) is 0 Å². The molecule has 2 rings (SSSR count). The van der Waals surface area contributed by atoms with Crippen molar-refractivity contribution in [2.75, 3.05) is 33.7 Å². The van der Waals surface area contributed by atoms with Gasteiger partial charge >= 0.3 is 0 Å². The average molecular weight is 314 g/mol. The summed E-state index contributed by atoms with van der Waals surface area (Å²) in [6, 6.07) is 1.73. The van der Waals surface area contributed by atoms with Gasteiger partial charge in [0, 0.05) is 38.6 Å². The molecule has 21 heavy (non-hydrogen) atoms. The van der Waals surface area contributed by atoms with Gasteiger partial charge in [0.05, 0.1) is 4.90 Å². The minimum atomic E-state index is -3.41. The summed E-state index contributed by atoms with van der Waals surface area (Å²) in [6.07, 6.45) is 3.90. The fraction of sp³-hybridized carbons (Fsp3) is 0.714. The van der Waals surface area contributed by atoms with Crippen molar-refractivity contribution in [2.24, 2.45) is 13.0 Å². The Bertz CT molecular complexity index is 568. The van der Waals surface area contributed by atoms with Crippen molar-refractivity contribution < 1.29 is 8.42 Å². The Morgan fingerprint density at radius 3 is 2.81 bits per heavy atom. The van der Waals surface area contributed by atoms with Crippen LogP contribution < -0.4 is 10.0 Å². The maximum atomic E-state index is 12.4. The topological polar surface area (TPSA) is 66.4 Å². The summed E-state index contributed by atoms with van der Waals surface area (Å²) >= 11 is 0. The standard InChI is InChI=1S/C14H26N4O2S/c1-15-9-13-7-14(11-18(13)3)21(19,20)16-8-12-5-4-6-17(2)10-12/h7,11-12,15-16H,4-6,8-10H2,1-3H3. The predicted octanol–water partition coefficient (Wildman–Crippen LogP) is 0.365. The lowest BCUT2D eigenvalue weighted by atomic mass is 9.99. The van der Waals surface area contributed by atoms with Gasteiger partial charge < -0.3 is 14.8 Å². The molecule has 0 spiro atoms. The number of likely N-dealkylation sites (tertiary alicyclic amines) is 1. The summed E-state index contributed by atoms with van der Waals surface area (Å²) in [7, 11) is 2.38. The molecule has 0 bridgehead atoms. The zero-order chi connectivity index (χ0) is 15.5. The lowest BCUT2D eigenvalue weighted by Crippen LogP contribution is -2.39. The van der Waals surface area contributed by atoms with Crippen molar-refractivity contribution in [1.82, 2.24) is 19.5 Å². The number of nitrogens with zero attached hydrogens (tertiary/aromatic N) is 2. The van der Waals surface area contributed by atoms with E-state index in [1.165, 1.54) is 0 Å². The molecule has 1 fully saturated rings. The van der Waals surface area contributed by atoms with E-state index in [2.05, 4.69) is 22.0 Å². The second-order valence-corrected chi connectivity index (χ2v) is 7.70. The molecule has 1 aliphatic rings. The molecule has 0 aromatic carbocycles. The van der Waals surface area contributed by atoms with E-state index in [1.807, 2.05) is 18.7 Å². The number of hydrogen-bond donors (Lipinski definition) is 2. The van der Waals surface area contributed by atoms with E-state index in [9.17, 15) is 8.42 Å². The Hall–Kier alpha value is -0.890. The molecular formula is C14H26N4O2S. The molecule has 2 heterocycles. The van der Waals surface area contributed by atoms with Gasteiger partial charge in [0.15, 0.2) is 0 Å². The summed E-state index contributed by atoms with van der Waals surface area (Å²) in [5.41, 5.74) is 0.954. The molecule has 2 N–H and O–H groups in total. The highest BCUT2D eigenvalue weighted by molar-refractivity contribution is 7.89. The van der Waals surface area contributed by atoms with Gasteiger partial charge in [-0.2, -0.15) is 0 Å². The van der Waals surface area contributed by atoms with Gasteiger partial charge in [0.2, 0.25) is 10.0 Å². The van der Waals surface area contributed by atoms with Gasteiger partial charge in [-0.25, -0.2) is 13.1 Å². The number of rotatable bonds is 6. The van der Waals surface area contributed by atoms with Crippen molar-refractivity contribution in [1.29, 1.82) is 0 Å².